The summed E-state index contributed by atoms with van der Waals surface area (Å²) in [4.78, 5) is 4.47. The van der Waals surface area contributed by atoms with Crippen molar-refractivity contribution in [3.05, 3.63) is 53.9 Å². The van der Waals surface area contributed by atoms with E-state index in [0.717, 1.165) is 30.0 Å². The molecule has 0 bridgehead atoms. The summed E-state index contributed by atoms with van der Waals surface area (Å²) in [6.07, 6.45) is 0. The van der Waals surface area contributed by atoms with Crippen LogP contribution in [-0.2, 0) is 5.75 Å². The highest BCUT2D eigenvalue weighted by Gasteiger charge is 2.10. The molecule has 1 heterocycles. The van der Waals surface area contributed by atoms with Crippen LogP contribution in [0.3, 0.4) is 0 Å². The van der Waals surface area contributed by atoms with E-state index in [4.69, 9.17) is 10.2 Å². The van der Waals surface area contributed by atoms with Gasteiger partial charge in [0.05, 0.1) is 11.4 Å². The Kier molecular flexibility index (Phi) is 3.31. The number of nitrogens with two attached hydrogens (primary N) is 1. The molecule has 0 radical (unpaired) electrons. The number of aromatic nitrogens is 1. The largest absolute Gasteiger partial charge is 0.440 e. The van der Waals surface area contributed by atoms with Crippen molar-refractivity contribution in [3.8, 4) is 0 Å². The van der Waals surface area contributed by atoms with E-state index in [1.807, 2.05) is 0 Å². The quantitative estimate of drug-likeness (QED) is 0.586. The summed E-state index contributed by atoms with van der Waals surface area (Å²) < 4.78 is 32.1. The monoisotopic (exact) mass is 292 g/mol. The molecule has 2 aromatic carbocycles. The molecule has 2 N–H and O–H groups in total. The number of fused-ring (bicyclic) bond motifs is 1. The highest BCUT2D eigenvalue weighted by molar-refractivity contribution is 7.98. The minimum atomic E-state index is -0.476. The molecule has 3 aromatic rings. The summed E-state index contributed by atoms with van der Waals surface area (Å²) in [5, 5.41) is 0. The molecule has 0 saturated carbocycles. The van der Waals surface area contributed by atoms with E-state index >= 15 is 0 Å². The molecule has 3 nitrogen and oxygen atoms in total. The van der Waals surface area contributed by atoms with Crippen LogP contribution in [0.2, 0.25) is 0 Å². The van der Waals surface area contributed by atoms with Crippen LogP contribution < -0.4 is 5.73 Å². The van der Waals surface area contributed by atoms with Crippen molar-refractivity contribution < 1.29 is 13.2 Å². The zero-order valence-electron chi connectivity index (χ0n) is 10.3. The Morgan fingerprint density at radius 2 is 2.05 bits per heavy atom. The summed E-state index contributed by atoms with van der Waals surface area (Å²) in [5.41, 5.74) is 7.48. The lowest BCUT2D eigenvalue weighted by Gasteiger charge is -2.00. The number of anilines is 1. The molecule has 6 heteroatoms. The van der Waals surface area contributed by atoms with Gasteiger partial charge in [0, 0.05) is 4.90 Å². The van der Waals surface area contributed by atoms with Crippen LogP contribution in [0.4, 0.5) is 14.5 Å². The predicted octanol–water partition coefficient (Wildman–Crippen LogP) is 3.98. The highest BCUT2D eigenvalue weighted by atomic mass is 32.2. The lowest BCUT2D eigenvalue weighted by molar-refractivity contribution is 0.555. The maximum atomic E-state index is 13.5. The number of rotatable bonds is 3. The fourth-order valence-electron chi connectivity index (χ4n) is 1.80. The molecular formula is C14H10F2N2OS. The first kappa shape index (κ1) is 12.9. The highest BCUT2D eigenvalue weighted by Crippen LogP contribution is 2.28. The Balaban J connectivity index is 1.83. The Morgan fingerprint density at radius 1 is 1.20 bits per heavy atom. The minimum Gasteiger partial charge on any atom is -0.440 e. The number of benzene rings is 2. The second kappa shape index (κ2) is 5.13. The molecule has 0 aliphatic heterocycles. The smallest absolute Gasteiger partial charge is 0.205 e. The Bertz CT molecular complexity index is 773. The van der Waals surface area contributed by atoms with Gasteiger partial charge in [-0.1, -0.05) is 6.07 Å². The van der Waals surface area contributed by atoms with E-state index in [1.54, 1.807) is 18.2 Å². The molecule has 0 fully saturated rings. The van der Waals surface area contributed by atoms with Crippen molar-refractivity contribution in [1.82, 2.24) is 4.98 Å². The summed E-state index contributed by atoms with van der Waals surface area (Å²) in [7, 11) is 0. The lowest BCUT2D eigenvalue weighted by Crippen LogP contribution is -1.87. The zero-order valence-corrected chi connectivity index (χ0v) is 11.1. The van der Waals surface area contributed by atoms with Crippen LogP contribution in [0, 0.1) is 11.6 Å². The van der Waals surface area contributed by atoms with Crippen molar-refractivity contribution in [1.29, 1.82) is 0 Å². The fraction of sp³-hybridized carbons (Fsp3) is 0.0714. The molecule has 0 saturated heterocycles. The molecule has 102 valence electrons. The topological polar surface area (TPSA) is 52.0 Å². The van der Waals surface area contributed by atoms with E-state index < -0.39 is 11.6 Å². The van der Waals surface area contributed by atoms with E-state index in [-0.39, 0.29) is 4.90 Å². The van der Waals surface area contributed by atoms with E-state index in [0.29, 0.717) is 28.4 Å². The van der Waals surface area contributed by atoms with Gasteiger partial charge in [-0.15, -0.1) is 11.8 Å². The van der Waals surface area contributed by atoms with E-state index in [1.165, 1.54) is 0 Å². The first-order chi connectivity index (χ1) is 9.63. The van der Waals surface area contributed by atoms with Crippen LogP contribution in [0.15, 0.2) is 45.7 Å². The second-order valence-electron chi connectivity index (χ2n) is 4.17. The first-order valence-corrected chi connectivity index (χ1v) is 6.84. The van der Waals surface area contributed by atoms with Gasteiger partial charge in [-0.2, -0.15) is 0 Å². The number of thioether (sulfide) groups is 1. The van der Waals surface area contributed by atoms with Crippen molar-refractivity contribution in [2.24, 2.45) is 0 Å². The van der Waals surface area contributed by atoms with Gasteiger partial charge in [0.2, 0.25) is 5.89 Å². The Morgan fingerprint density at radius 3 is 2.85 bits per heavy atom. The molecular weight excluding hydrogens is 282 g/mol. The summed E-state index contributed by atoms with van der Waals surface area (Å²) in [5.74, 6) is -0.219. The van der Waals surface area contributed by atoms with Crippen molar-refractivity contribution in [3.63, 3.8) is 0 Å². The van der Waals surface area contributed by atoms with Crippen LogP contribution >= 0.6 is 11.8 Å². The van der Waals surface area contributed by atoms with Crippen LogP contribution in [0.1, 0.15) is 5.89 Å². The number of hydrogen-bond acceptors (Lipinski definition) is 4. The number of hydrogen-bond donors (Lipinski definition) is 1. The summed E-state index contributed by atoms with van der Waals surface area (Å²) >= 11 is 1.12. The van der Waals surface area contributed by atoms with Gasteiger partial charge in [0.25, 0.3) is 0 Å². The number of halogens is 2. The summed E-state index contributed by atoms with van der Waals surface area (Å²) in [6.45, 7) is 0. The predicted molar refractivity (Wildman–Crippen MR) is 74.3 cm³/mol. The Hall–Kier alpha value is -2.08. The molecule has 0 aliphatic carbocycles. The van der Waals surface area contributed by atoms with Gasteiger partial charge >= 0.3 is 0 Å². The normalized spacial score (nSPS) is 11.1. The molecule has 3 rings (SSSR count). The maximum absolute atomic E-state index is 13.5. The molecule has 0 atom stereocenters. The van der Waals surface area contributed by atoms with Crippen LogP contribution in [0.5, 0.6) is 0 Å². The SMILES string of the molecule is Nc1cccc2oc(CSc3cc(F)ccc3F)nc12. The van der Waals surface area contributed by atoms with Gasteiger partial charge in [0.15, 0.2) is 5.58 Å². The second-order valence-corrected chi connectivity index (χ2v) is 5.18. The first-order valence-electron chi connectivity index (χ1n) is 5.85. The number of nitrogens with zero attached hydrogens (tertiary/aromatic N) is 1. The third-order valence-corrected chi connectivity index (χ3v) is 3.75. The average molecular weight is 292 g/mol. The van der Waals surface area contributed by atoms with Crippen molar-refractivity contribution >= 4 is 28.5 Å². The molecule has 0 spiro atoms. The number of nitrogen functional groups attached to an aromatic ring is 1. The van der Waals surface area contributed by atoms with Crippen LogP contribution in [-0.4, -0.2) is 4.98 Å². The van der Waals surface area contributed by atoms with Gasteiger partial charge in [-0.3, -0.25) is 0 Å². The van der Waals surface area contributed by atoms with Gasteiger partial charge in [-0.05, 0) is 30.3 Å². The Labute approximate surface area is 117 Å². The van der Waals surface area contributed by atoms with Crippen molar-refractivity contribution in [2.75, 3.05) is 5.73 Å². The van der Waals surface area contributed by atoms with Gasteiger partial charge in [0.1, 0.15) is 17.2 Å². The fourth-order valence-corrected chi connectivity index (χ4v) is 2.61. The molecule has 0 aliphatic rings. The number of para-hydroxylation sites is 1. The van der Waals surface area contributed by atoms with Crippen molar-refractivity contribution in [2.45, 2.75) is 10.6 Å². The molecule has 0 amide bonds. The third-order valence-electron chi connectivity index (χ3n) is 2.74. The van der Waals surface area contributed by atoms with E-state index in [2.05, 4.69) is 4.98 Å². The third kappa shape index (κ3) is 2.46. The molecule has 20 heavy (non-hydrogen) atoms. The molecule has 0 unspecified atom stereocenters. The average Bonchev–Trinajstić information content (AvgIpc) is 2.84. The van der Waals surface area contributed by atoms with Gasteiger partial charge in [-0.25, -0.2) is 13.8 Å². The van der Waals surface area contributed by atoms with E-state index in [9.17, 15) is 8.78 Å². The lowest BCUT2D eigenvalue weighted by atomic mass is 10.3. The summed E-state index contributed by atoms with van der Waals surface area (Å²) in [6, 6.07) is 8.59. The molecule has 1 aromatic heterocycles. The zero-order chi connectivity index (χ0) is 14.1. The maximum Gasteiger partial charge on any atom is 0.205 e. The van der Waals surface area contributed by atoms with Crippen LogP contribution in [0.25, 0.3) is 11.1 Å². The minimum absolute atomic E-state index is 0.222. The van der Waals surface area contributed by atoms with Gasteiger partial charge < -0.3 is 10.2 Å². The number of oxazole rings is 1. The standard InChI is InChI=1S/C14H10F2N2OS/c15-8-4-5-9(16)12(6-8)20-7-13-18-14-10(17)2-1-3-11(14)19-13/h1-6H,7,17H2.